The molecule has 1 N–H and O–H groups in total. The number of nitrogens with one attached hydrogen (secondary N) is 1. The molecule has 2 aromatic heterocycles. The zero-order chi connectivity index (χ0) is 21.1. The van der Waals surface area contributed by atoms with E-state index in [1.54, 1.807) is 37.5 Å². The molecule has 0 aliphatic rings. The maximum Gasteiger partial charge on any atom is 0.226 e. The summed E-state index contributed by atoms with van der Waals surface area (Å²) in [5, 5.41) is 2.95. The van der Waals surface area contributed by atoms with Crippen LogP contribution in [-0.2, 0) is 26.2 Å². The van der Waals surface area contributed by atoms with Gasteiger partial charge in [0.15, 0.2) is 5.03 Å². The van der Waals surface area contributed by atoms with Crippen molar-refractivity contribution in [3.05, 3.63) is 59.9 Å². The molecule has 0 aliphatic heterocycles. The number of benzene rings is 1. The van der Waals surface area contributed by atoms with Crippen molar-refractivity contribution >= 4 is 36.0 Å². The third kappa shape index (κ3) is 4.82. The van der Waals surface area contributed by atoms with Crippen molar-refractivity contribution < 1.29 is 16.8 Å². The molecule has 3 aromatic rings. The van der Waals surface area contributed by atoms with Crippen LogP contribution in [0.1, 0.15) is 24.5 Å². The van der Waals surface area contributed by atoms with Gasteiger partial charge in [0.2, 0.25) is 24.0 Å². The number of aryl methyl sites for hydroxylation is 1. The van der Waals surface area contributed by atoms with Crippen molar-refractivity contribution in [2.45, 2.75) is 41.1 Å². The molecule has 10 heteroatoms. The van der Waals surface area contributed by atoms with E-state index in [1.165, 1.54) is 12.1 Å². The van der Waals surface area contributed by atoms with E-state index in [0.717, 1.165) is 22.5 Å². The summed E-state index contributed by atoms with van der Waals surface area (Å²) in [6.45, 7) is 3.89. The molecule has 0 aliphatic carbocycles. The zero-order valence-electron chi connectivity index (χ0n) is 16.0. The maximum absolute atomic E-state index is 13.2. The molecule has 7 nitrogen and oxygen atoms in total. The predicted octanol–water partition coefficient (Wildman–Crippen LogP) is 3.48. The van der Waals surface area contributed by atoms with E-state index in [9.17, 15) is 16.8 Å². The molecule has 0 saturated carbocycles. The molecule has 29 heavy (non-hydrogen) atoms. The van der Waals surface area contributed by atoms with Crippen molar-refractivity contribution in [1.82, 2.24) is 9.97 Å². The number of anilines is 1. The van der Waals surface area contributed by atoms with Gasteiger partial charge < -0.3 is 5.32 Å². The number of pyridine rings is 1. The van der Waals surface area contributed by atoms with E-state index in [0.29, 0.717) is 13.0 Å². The van der Waals surface area contributed by atoms with Crippen LogP contribution in [0.25, 0.3) is 0 Å². The van der Waals surface area contributed by atoms with Crippen molar-refractivity contribution in [1.29, 1.82) is 0 Å². The molecule has 3 rings (SSSR count). The summed E-state index contributed by atoms with van der Waals surface area (Å²) in [6.07, 6.45) is 3.70. The normalized spacial score (nSPS) is 12.1. The quantitative estimate of drug-likeness (QED) is 0.559. The molecular weight excluding hydrogens is 430 g/mol. The fraction of sp³-hybridized carbons (Fsp3) is 0.263. The fourth-order valence-corrected chi connectivity index (χ4v) is 6.94. The van der Waals surface area contributed by atoms with Crippen molar-refractivity contribution in [3.63, 3.8) is 0 Å². The van der Waals surface area contributed by atoms with Crippen LogP contribution >= 0.6 is 11.3 Å². The monoisotopic (exact) mass is 451 g/mol. The smallest absolute Gasteiger partial charge is 0.226 e. The summed E-state index contributed by atoms with van der Waals surface area (Å²) in [6, 6.07) is 9.98. The lowest BCUT2D eigenvalue weighted by atomic mass is 10.2. The molecular formula is C19H21N3O4S3. The predicted molar refractivity (Wildman–Crippen MR) is 113 cm³/mol. The van der Waals surface area contributed by atoms with Crippen LogP contribution in [0.3, 0.4) is 0 Å². The first-order chi connectivity index (χ1) is 13.7. The minimum absolute atomic E-state index is 0.0669. The van der Waals surface area contributed by atoms with Crippen molar-refractivity contribution in [2.24, 2.45) is 0 Å². The Morgan fingerprint density at radius 1 is 1.07 bits per heavy atom. The number of hydrogen-bond donors (Lipinski definition) is 1. The second kappa shape index (κ2) is 8.60. The summed E-state index contributed by atoms with van der Waals surface area (Å²) in [7, 11) is -7.64. The second-order valence-electron chi connectivity index (χ2n) is 6.46. The van der Waals surface area contributed by atoms with E-state index in [1.807, 2.05) is 13.0 Å². The fourth-order valence-electron chi connectivity index (χ4n) is 2.58. The average Bonchev–Trinajstić information content (AvgIpc) is 3.14. The topological polar surface area (TPSA) is 106 Å². The van der Waals surface area contributed by atoms with E-state index in [4.69, 9.17) is 0 Å². The van der Waals surface area contributed by atoms with E-state index in [-0.39, 0.29) is 25.0 Å². The van der Waals surface area contributed by atoms with Crippen LogP contribution in [0.15, 0.2) is 63.1 Å². The Kier molecular flexibility index (Phi) is 6.35. The molecule has 0 bridgehead atoms. The Bertz CT molecular complexity index is 1190. The molecule has 0 spiro atoms. The number of nitrogens with zero attached hydrogens (tertiary/aromatic N) is 2. The van der Waals surface area contributed by atoms with Gasteiger partial charge in [0, 0.05) is 18.9 Å². The van der Waals surface area contributed by atoms with Crippen LogP contribution in [0.4, 0.5) is 5.00 Å². The highest BCUT2D eigenvalue weighted by molar-refractivity contribution is 7.94. The van der Waals surface area contributed by atoms with Gasteiger partial charge in [-0.15, -0.1) is 0 Å². The van der Waals surface area contributed by atoms with Gasteiger partial charge in [0.1, 0.15) is 5.00 Å². The molecule has 0 fully saturated rings. The molecule has 2 heterocycles. The number of aromatic nitrogens is 2. The van der Waals surface area contributed by atoms with Gasteiger partial charge in [-0.05, 0) is 37.1 Å². The first kappa shape index (κ1) is 21.4. The summed E-state index contributed by atoms with van der Waals surface area (Å²) in [5.74, 6) is -0.0907. The van der Waals surface area contributed by atoms with Gasteiger partial charge in [0.25, 0.3) is 0 Å². The Morgan fingerprint density at radius 3 is 2.41 bits per heavy atom. The van der Waals surface area contributed by atoms with Crippen LogP contribution in [0.5, 0.6) is 0 Å². The van der Waals surface area contributed by atoms with Crippen molar-refractivity contribution in [2.75, 3.05) is 11.1 Å². The summed E-state index contributed by atoms with van der Waals surface area (Å²) < 4.78 is 51.1. The Hall–Kier alpha value is -2.30. The number of thiazole rings is 1. The Morgan fingerprint density at radius 2 is 1.79 bits per heavy atom. The standard InChI is InChI=1S/C19H21N3O4S3/c1-3-11-28(23,24)19-22-18(29(25,26)16-8-6-14(2)7-9-16)17(27-19)21-13-15-5-4-10-20-12-15/h4-10,12,21H,3,11,13H2,1-2H3. The number of hydrogen-bond acceptors (Lipinski definition) is 8. The zero-order valence-corrected chi connectivity index (χ0v) is 18.4. The second-order valence-corrected chi connectivity index (χ2v) is 11.6. The van der Waals surface area contributed by atoms with E-state index in [2.05, 4.69) is 15.3 Å². The van der Waals surface area contributed by atoms with E-state index < -0.39 is 19.7 Å². The van der Waals surface area contributed by atoms with Gasteiger partial charge in [-0.2, -0.15) is 0 Å². The highest BCUT2D eigenvalue weighted by atomic mass is 32.2. The Labute approximate surface area is 174 Å². The van der Waals surface area contributed by atoms with Crippen molar-refractivity contribution in [3.8, 4) is 0 Å². The third-order valence-electron chi connectivity index (χ3n) is 4.08. The summed E-state index contributed by atoms with van der Waals surface area (Å²) in [5.41, 5.74) is 1.75. The molecule has 0 atom stereocenters. The number of sulfone groups is 2. The first-order valence-electron chi connectivity index (χ1n) is 8.92. The number of rotatable bonds is 8. The molecule has 0 saturated heterocycles. The van der Waals surface area contributed by atoms with Crippen LogP contribution in [0, 0.1) is 6.92 Å². The van der Waals surface area contributed by atoms with Gasteiger partial charge in [-0.1, -0.05) is 42.0 Å². The van der Waals surface area contributed by atoms with Gasteiger partial charge in [0.05, 0.1) is 10.6 Å². The van der Waals surface area contributed by atoms with Crippen LogP contribution in [0.2, 0.25) is 0 Å². The van der Waals surface area contributed by atoms with E-state index >= 15 is 0 Å². The average molecular weight is 452 g/mol. The maximum atomic E-state index is 13.2. The lowest BCUT2D eigenvalue weighted by Crippen LogP contribution is -2.09. The molecule has 0 unspecified atom stereocenters. The van der Waals surface area contributed by atoms with Gasteiger partial charge in [-0.3, -0.25) is 4.98 Å². The summed E-state index contributed by atoms with van der Waals surface area (Å²) in [4.78, 5) is 8.14. The van der Waals surface area contributed by atoms with Gasteiger partial charge >= 0.3 is 0 Å². The molecule has 0 amide bonds. The van der Waals surface area contributed by atoms with Crippen LogP contribution < -0.4 is 5.32 Å². The van der Waals surface area contributed by atoms with Gasteiger partial charge in [-0.25, -0.2) is 21.8 Å². The third-order valence-corrected chi connectivity index (χ3v) is 9.29. The molecule has 154 valence electrons. The minimum atomic E-state index is -3.99. The summed E-state index contributed by atoms with van der Waals surface area (Å²) >= 11 is 0.841. The largest absolute Gasteiger partial charge is 0.370 e. The lowest BCUT2D eigenvalue weighted by molar-refractivity contribution is 0.589. The highest BCUT2D eigenvalue weighted by Crippen LogP contribution is 2.35. The molecule has 1 aromatic carbocycles. The Balaban J connectivity index is 2.05. The first-order valence-corrected chi connectivity index (χ1v) is 12.9. The highest BCUT2D eigenvalue weighted by Gasteiger charge is 2.30. The SMILES string of the molecule is CCCS(=O)(=O)c1nc(S(=O)(=O)c2ccc(C)cc2)c(NCc2cccnc2)s1. The molecule has 0 radical (unpaired) electrons. The van der Waals surface area contributed by atoms with Crippen LogP contribution in [-0.4, -0.2) is 32.6 Å². The lowest BCUT2D eigenvalue weighted by Gasteiger charge is -2.07. The minimum Gasteiger partial charge on any atom is -0.370 e.